The third-order valence-electron chi connectivity index (χ3n) is 6.26. The second kappa shape index (κ2) is 8.15. The Bertz CT molecular complexity index is 1540. The topological polar surface area (TPSA) is 0 Å². The van der Waals surface area contributed by atoms with E-state index in [1.54, 1.807) is 4.88 Å². The van der Waals surface area contributed by atoms with E-state index in [9.17, 15) is 0 Å². The van der Waals surface area contributed by atoms with Crippen LogP contribution >= 0.6 is 45.3 Å². The summed E-state index contributed by atoms with van der Waals surface area (Å²) in [6.45, 7) is 4.56. The smallest absolute Gasteiger partial charge is 0.0542 e. The third-order valence-corrected chi connectivity index (χ3v) is 11.1. The number of unbranched alkanes of at least 4 members (excludes halogenated alkanes) is 3. The van der Waals surface area contributed by atoms with Crippen molar-refractivity contribution < 1.29 is 0 Å². The van der Waals surface area contributed by atoms with Crippen LogP contribution in [0.3, 0.4) is 0 Å². The predicted octanol–water partition coefficient (Wildman–Crippen LogP) is 10.8. The van der Waals surface area contributed by atoms with Crippen molar-refractivity contribution in [3.63, 3.8) is 0 Å². The predicted molar refractivity (Wildman–Crippen MR) is 147 cm³/mol. The molecule has 6 rings (SSSR count). The quantitative estimate of drug-likeness (QED) is 0.200. The first-order valence-corrected chi connectivity index (χ1v) is 14.7. The van der Waals surface area contributed by atoms with Crippen molar-refractivity contribution in [2.75, 3.05) is 0 Å². The van der Waals surface area contributed by atoms with Gasteiger partial charge in [-0.05, 0) is 72.9 Å². The summed E-state index contributed by atoms with van der Waals surface area (Å²) in [4.78, 5) is 3.09. The van der Waals surface area contributed by atoms with Gasteiger partial charge in [0, 0.05) is 39.3 Å². The first-order valence-electron chi connectivity index (χ1n) is 11.5. The average Bonchev–Trinajstić information content (AvgIpc) is 3.50. The Morgan fingerprint density at radius 3 is 1.55 bits per heavy atom. The standard InChI is InChI=1S/C27H26S4/c1-3-5-7-9-19-11-17-13-21-25(15-23(17)29-19)31-26-20-12-16-10-18(8-6-4-2)28-22(16)14-24(20)30-27(21)26/h10-15H,3-9H2,1-2H3. The minimum Gasteiger partial charge on any atom is -0.140 e. The molecular formula is C27H26S4. The maximum absolute atomic E-state index is 2.46. The number of hydrogen-bond donors (Lipinski definition) is 0. The van der Waals surface area contributed by atoms with E-state index in [2.05, 4.69) is 50.2 Å². The average molecular weight is 479 g/mol. The molecular weight excluding hydrogens is 453 g/mol. The highest BCUT2D eigenvalue weighted by molar-refractivity contribution is 7.37. The third kappa shape index (κ3) is 3.52. The van der Waals surface area contributed by atoms with Gasteiger partial charge in [0.25, 0.3) is 0 Å². The van der Waals surface area contributed by atoms with E-state index in [0.29, 0.717) is 0 Å². The highest BCUT2D eigenvalue weighted by Crippen LogP contribution is 2.47. The lowest BCUT2D eigenvalue weighted by Gasteiger charge is -1.93. The van der Waals surface area contributed by atoms with Crippen molar-refractivity contribution in [2.24, 2.45) is 0 Å². The van der Waals surface area contributed by atoms with E-state index in [1.807, 2.05) is 45.3 Å². The highest BCUT2D eigenvalue weighted by atomic mass is 32.1. The molecule has 0 unspecified atom stereocenters. The molecule has 0 spiro atoms. The number of hydrogen-bond acceptors (Lipinski definition) is 4. The molecule has 2 aromatic carbocycles. The molecule has 0 atom stereocenters. The number of fused-ring (bicyclic) bond motifs is 7. The Hall–Kier alpha value is -1.46. The normalized spacial score (nSPS) is 12.5. The van der Waals surface area contributed by atoms with Crippen LogP contribution in [0.5, 0.6) is 0 Å². The Kier molecular flexibility index (Phi) is 5.30. The van der Waals surface area contributed by atoms with Gasteiger partial charge in [0.05, 0.1) is 9.40 Å². The molecule has 158 valence electrons. The molecule has 0 saturated heterocycles. The van der Waals surface area contributed by atoms with E-state index in [-0.39, 0.29) is 0 Å². The van der Waals surface area contributed by atoms with Gasteiger partial charge in [0.15, 0.2) is 0 Å². The van der Waals surface area contributed by atoms with Gasteiger partial charge in [-0.3, -0.25) is 0 Å². The van der Waals surface area contributed by atoms with Crippen molar-refractivity contribution >= 4 is 95.1 Å². The van der Waals surface area contributed by atoms with Crippen molar-refractivity contribution in [3.8, 4) is 0 Å². The van der Waals surface area contributed by atoms with Crippen molar-refractivity contribution in [3.05, 3.63) is 46.2 Å². The molecule has 0 radical (unpaired) electrons. The highest BCUT2D eigenvalue weighted by Gasteiger charge is 2.15. The van der Waals surface area contributed by atoms with Gasteiger partial charge in [-0.2, -0.15) is 0 Å². The van der Waals surface area contributed by atoms with E-state index in [0.717, 1.165) is 0 Å². The summed E-state index contributed by atoms with van der Waals surface area (Å²) >= 11 is 7.98. The second-order valence-corrected chi connectivity index (χ2v) is 13.1. The van der Waals surface area contributed by atoms with Crippen molar-refractivity contribution in [1.29, 1.82) is 0 Å². The van der Waals surface area contributed by atoms with Crippen LogP contribution in [-0.4, -0.2) is 0 Å². The fourth-order valence-electron chi connectivity index (χ4n) is 4.58. The lowest BCUT2D eigenvalue weighted by molar-refractivity contribution is 0.723. The lowest BCUT2D eigenvalue weighted by atomic mass is 10.1. The van der Waals surface area contributed by atoms with E-state index < -0.39 is 0 Å². The lowest BCUT2D eigenvalue weighted by Crippen LogP contribution is -1.78. The zero-order valence-electron chi connectivity index (χ0n) is 18.0. The molecule has 4 heterocycles. The van der Waals surface area contributed by atoms with Crippen molar-refractivity contribution in [2.45, 2.75) is 58.8 Å². The molecule has 0 amide bonds. The molecule has 0 fully saturated rings. The first-order chi connectivity index (χ1) is 15.2. The number of thiophene rings is 4. The minimum atomic E-state index is 1.22. The Morgan fingerprint density at radius 2 is 1.03 bits per heavy atom. The van der Waals surface area contributed by atoms with Crippen LogP contribution in [0, 0.1) is 0 Å². The van der Waals surface area contributed by atoms with Crippen LogP contribution in [0.15, 0.2) is 36.4 Å². The molecule has 0 bridgehead atoms. The van der Waals surface area contributed by atoms with E-state index in [1.165, 1.54) is 99.6 Å². The SMILES string of the molecule is CCCCCc1cc2cc3c(cc2s1)sc1c2cc4cc(CCCC)sc4cc2sc31. The molecule has 0 aliphatic rings. The summed E-state index contributed by atoms with van der Waals surface area (Å²) in [5.41, 5.74) is 0. The summed E-state index contributed by atoms with van der Waals surface area (Å²) in [6.07, 6.45) is 8.96. The van der Waals surface area contributed by atoms with Gasteiger partial charge in [-0.1, -0.05) is 33.1 Å². The molecule has 31 heavy (non-hydrogen) atoms. The largest absolute Gasteiger partial charge is 0.140 e. The monoisotopic (exact) mass is 478 g/mol. The molecule has 0 N–H and O–H groups in total. The molecule has 0 aliphatic heterocycles. The van der Waals surface area contributed by atoms with Gasteiger partial charge in [-0.15, -0.1) is 45.3 Å². The van der Waals surface area contributed by atoms with Crippen LogP contribution in [0.4, 0.5) is 0 Å². The Labute approximate surface area is 199 Å². The maximum Gasteiger partial charge on any atom is 0.0542 e. The summed E-state index contributed by atoms with van der Waals surface area (Å²) in [5, 5.41) is 5.77. The second-order valence-electron chi connectivity index (χ2n) is 8.62. The number of rotatable bonds is 7. The molecule has 0 aliphatic carbocycles. The number of benzene rings is 2. The van der Waals surface area contributed by atoms with Gasteiger partial charge < -0.3 is 0 Å². The van der Waals surface area contributed by atoms with Gasteiger partial charge >= 0.3 is 0 Å². The van der Waals surface area contributed by atoms with E-state index >= 15 is 0 Å². The molecule has 4 aromatic heterocycles. The van der Waals surface area contributed by atoms with Crippen molar-refractivity contribution in [1.82, 2.24) is 0 Å². The van der Waals surface area contributed by atoms with Crippen LogP contribution < -0.4 is 0 Å². The van der Waals surface area contributed by atoms with Gasteiger partial charge in [-0.25, -0.2) is 0 Å². The zero-order valence-corrected chi connectivity index (χ0v) is 21.3. The molecule has 0 nitrogen and oxygen atoms in total. The summed E-state index contributed by atoms with van der Waals surface area (Å²) in [6, 6.07) is 14.7. The van der Waals surface area contributed by atoms with Crippen LogP contribution in [0.25, 0.3) is 49.7 Å². The summed E-state index contributed by atoms with van der Waals surface area (Å²) < 4.78 is 8.78. The number of aryl methyl sites for hydroxylation is 2. The minimum absolute atomic E-state index is 1.22. The van der Waals surface area contributed by atoms with Gasteiger partial charge in [0.2, 0.25) is 0 Å². The molecule has 0 saturated carbocycles. The first kappa shape index (κ1) is 20.2. The zero-order chi connectivity index (χ0) is 20.9. The molecule has 4 heteroatoms. The maximum atomic E-state index is 2.46. The van der Waals surface area contributed by atoms with Crippen LogP contribution in [0.2, 0.25) is 0 Å². The Morgan fingerprint density at radius 1 is 0.516 bits per heavy atom. The fraction of sp³-hybridized carbons (Fsp3) is 0.333. The van der Waals surface area contributed by atoms with Gasteiger partial charge in [0.1, 0.15) is 0 Å². The van der Waals surface area contributed by atoms with Crippen LogP contribution in [-0.2, 0) is 12.8 Å². The Balaban J connectivity index is 1.46. The summed E-state index contributed by atoms with van der Waals surface area (Å²) in [5.74, 6) is 0. The molecule has 6 aromatic rings. The fourth-order valence-corrected chi connectivity index (χ4v) is 9.67. The van der Waals surface area contributed by atoms with Crippen LogP contribution in [0.1, 0.15) is 55.7 Å². The van der Waals surface area contributed by atoms with E-state index in [4.69, 9.17) is 0 Å². The summed E-state index contributed by atoms with van der Waals surface area (Å²) in [7, 11) is 0.